The van der Waals surface area contributed by atoms with Gasteiger partial charge in [-0.25, -0.2) is 5.43 Å². The standard InChI is InChI=1S/C21H16N4O7/c26-20-18(2-1-3-19(20)25(30)31)21(27)23-22-12-14-6-10-17(11-7-14)32-13-15-4-8-16(9-5-15)24(28)29/h1-12,26H,13H2,(H,23,27)/b22-12-. The van der Waals surface area contributed by atoms with Crippen molar-refractivity contribution in [2.24, 2.45) is 5.10 Å². The Balaban J connectivity index is 1.55. The number of nitro groups is 2. The molecule has 0 bridgehead atoms. The van der Waals surface area contributed by atoms with E-state index in [9.17, 15) is 30.1 Å². The molecule has 0 unspecified atom stereocenters. The van der Waals surface area contributed by atoms with Crippen molar-refractivity contribution in [2.75, 3.05) is 0 Å². The second-order valence-corrected chi connectivity index (χ2v) is 6.41. The number of ether oxygens (including phenoxy) is 1. The minimum atomic E-state index is -0.800. The topological polar surface area (TPSA) is 157 Å². The van der Waals surface area contributed by atoms with Crippen molar-refractivity contribution in [1.82, 2.24) is 5.43 Å². The van der Waals surface area contributed by atoms with Gasteiger partial charge in [0.05, 0.1) is 21.6 Å². The van der Waals surface area contributed by atoms with Gasteiger partial charge in [-0.15, -0.1) is 0 Å². The molecule has 2 N–H and O–H groups in total. The maximum Gasteiger partial charge on any atom is 0.311 e. The molecule has 0 aliphatic heterocycles. The lowest BCUT2D eigenvalue weighted by Gasteiger charge is -2.06. The molecule has 0 saturated carbocycles. The van der Waals surface area contributed by atoms with Crippen LogP contribution in [0.15, 0.2) is 71.8 Å². The molecular weight excluding hydrogens is 420 g/mol. The number of carbonyl (C=O) groups is 1. The summed E-state index contributed by atoms with van der Waals surface area (Å²) in [5.74, 6) is -0.976. The molecule has 32 heavy (non-hydrogen) atoms. The highest BCUT2D eigenvalue weighted by Crippen LogP contribution is 2.29. The van der Waals surface area contributed by atoms with Crippen LogP contribution in [0.1, 0.15) is 21.5 Å². The van der Waals surface area contributed by atoms with Crippen LogP contribution < -0.4 is 10.2 Å². The molecule has 0 aliphatic rings. The largest absolute Gasteiger partial charge is 0.502 e. The highest BCUT2D eigenvalue weighted by atomic mass is 16.6. The Labute approximate surface area is 180 Å². The van der Waals surface area contributed by atoms with Crippen molar-refractivity contribution in [3.8, 4) is 11.5 Å². The number of hydrogen-bond acceptors (Lipinski definition) is 8. The number of aromatic hydroxyl groups is 1. The van der Waals surface area contributed by atoms with Gasteiger partial charge >= 0.3 is 5.69 Å². The summed E-state index contributed by atoms with van der Waals surface area (Å²) in [5, 5.41) is 35.1. The molecule has 0 radical (unpaired) electrons. The van der Waals surface area contributed by atoms with Gasteiger partial charge in [0.15, 0.2) is 0 Å². The summed E-state index contributed by atoms with van der Waals surface area (Å²) in [7, 11) is 0. The first-order valence-electron chi connectivity index (χ1n) is 9.11. The fraction of sp³-hybridized carbons (Fsp3) is 0.0476. The predicted octanol–water partition coefficient (Wildman–Crippen LogP) is 3.55. The molecule has 3 aromatic carbocycles. The van der Waals surface area contributed by atoms with Gasteiger partial charge in [-0.1, -0.05) is 6.07 Å². The third-order valence-corrected chi connectivity index (χ3v) is 4.27. The molecule has 3 aromatic rings. The number of phenolic OH excluding ortho intramolecular Hbond substituents is 1. The zero-order chi connectivity index (χ0) is 23.1. The van der Waals surface area contributed by atoms with Crippen LogP contribution >= 0.6 is 0 Å². The number of non-ortho nitro benzene ring substituents is 1. The number of nitrogens with one attached hydrogen (secondary N) is 1. The number of carbonyl (C=O) groups excluding carboxylic acids is 1. The predicted molar refractivity (Wildman–Crippen MR) is 114 cm³/mol. The highest BCUT2D eigenvalue weighted by Gasteiger charge is 2.20. The Morgan fingerprint density at radius 1 is 1.00 bits per heavy atom. The average Bonchev–Trinajstić information content (AvgIpc) is 2.78. The molecule has 11 heteroatoms. The first-order valence-corrected chi connectivity index (χ1v) is 9.11. The lowest BCUT2D eigenvalue weighted by atomic mass is 10.1. The SMILES string of the molecule is O=C(N/N=C\c1ccc(OCc2ccc([N+](=O)[O-])cc2)cc1)c1cccc([N+](=O)[O-])c1O. The molecule has 0 aliphatic carbocycles. The number of amides is 1. The zero-order valence-corrected chi connectivity index (χ0v) is 16.4. The number of phenols is 1. The van der Waals surface area contributed by atoms with Crippen molar-refractivity contribution < 1.29 is 24.5 Å². The van der Waals surface area contributed by atoms with Crippen molar-refractivity contribution in [1.29, 1.82) is 0 Å². The first-order chi connectivity index (χ1) is 15.3. The molecule has 0 heterocycles. The fourth-order valence-corrected chi connectivity index (χ4v) is 2.62. The minimum Gasteiger partial charge on any atom is -0.502 e. The number of nitro benzene ring substituents is 2. The molecule has 0 aromatic heterocycles. The van der Waals surface area contributed by atoms with Crippen LogP contribution in [0.4, 0.5) is 11.4 Å². The van der Waals surface area contributed by atoms with Crippen LogP contribution in [0.3, 0.4) is 0 Å². The van der Waals surface area contributed by atoms with Gasteiger partial charge < -0.3 is 9.84 Å². The van der Waals surface area contributed by atoms with E-state index in [2.05, 4.69) is 10.5 Å². The van der Waals surface area contributed by atoms with Crippen molar-refractivity contribution in [2.45, 2.75) is 6.61 Å². The number of benzene rings is 3. The van der Waals surface area contributed by atoms with Gasteiger partial charge in [-0.3, -0.25) is 25.0 Å². The Morgan fingerprint density at radius 2 is 1.69 bits per heavy atom. The van der Waals surface area contributed by atoms with E-state index in [0.29, 0.717) is 11.3 Å². The summed E-state index contributed by atoms with van der Waals surface area (Å²) in [6, 6.07) is 16.4. The highest BCUT2D eigenvalue weighted by molar-refractivity contribution is 5.98. The molecule has 3 rings (SSSR count). The summed E-state index contributed by atoms with van der Waals surface area (Å²) in [5.41, 5.74) is 2.76. The van der Waals surface area contributed by atoms with E-state index in [1.165, 1.54) is 30.5 Å². The summed E-state index contributed by atoms with van der Waals surface area (Å²) < 4.78 is 5.62. The molecule has 0 saturated heterocycles. The molecule has 0 fully saturated rings. The second-order valence-electron chi connectivity index (χ2n) is 6.41. The summed E-state index contributed by atoms with van der Waals surface area (Å²) in [6.45, 7) is 0.230. The van der Waals surface area contributed by atoms with Gasteiger partial charge in [0.2, 0.25) is 5.75 Å². The van der Waals surface area contributed by atoms with Gasteiger partial charge in [0, 0.05) is 18.2 Å². The second kappa shape index (κ2) is 9.80. The van der Waals surface area contributed by atoms with Crippen molar-refractivity contribution >= 4 is 23.5 Å². The van der Waals surface area contributed by atoms with E-state index in [1.807, 2.05) is 0 Å². The first kappa shape index (κ1) is 21.9. The van der Waals surface area contributed by atoms with E-state index in [-0.39, 0.29) is 17.9 Å². The van der Waals surface area contributed by atoms with Gasteiger partial charge in [-0.2, -0.15) is 5.10 Å². The minimum absolute atomic E-state index is 0.00480. The summed E-state index contributed by atoms with van der Waals surface area (Å²) in [6.07, 6.45) is 1.35. The van der Waals surface area contributed by atoms with E-state index < -0.39 is 27.2 Å². The number of rotatable bonds is 8. The van der Waals surface area contributed by atoms with Crippen molar-refractivity contribution in [3.05, 3.63) is 104 Å². The number of nitrogens with zero attached hydrogens (tertiary/aromatic N) is 3. The van der Waals surface area contributed by atoms with Crippen molar-refractivity contribution in [3.63, 3.8) is 0 Å². The van der Waals surface area contributed by atoms with E-state index >= 15 is 0 Å². The monoisotopic (exact) mass is 436 g/mol. The third-order valence-electron chi connectivity index (χ3n) is 4.27. The number of hydrazone groups is 1. The van der Waals surface area contributed by atoms with Crippen LogP contribution in [-0.2, 0) is 6.61 Å². The molecule has 0 spiro atoms. The summed E-state index contributed by atoms with van der Waals surface area (Å²) >= 11 is 0. The van der Waals surface area contributed by atoms with Gasteiger partial charge in [0.25, 0.3) is 11.6 Å². The normalized spacial score (nSPS) is 10.6. The maximum atomic E-state index is 12.1. The van der Waals surface area contributed by atoms with Crippen LogP contribution in [-0.4, -0.2) is 27.1 Å². The molecule has 162 valence electrons. The van der Waals surface area contributed by atoms with Gasteiger partial charge in [0.1, 0.15) is 12.4 Å². The van der Waals surface area contributed by atoms with Crippen LogP contribution in [0, 0.1) is 20.2 Å². The maximum absolute atomic E-state index is 12.1. The Hall–Kier alpha value is -4.80. The quantitative estimate of drug-likeness (QED) is 0.310. The van der Waals surface area contributed by atoms with Gasteiger partial charge in [-0.05, 0) is 53.6 Å². The van der Waals surface area contributed by atoms with E-state index in [1.54, 1.807) is 36.4 Å². The summed E-state index contributed by atoms with van der Waals surface area (Å²) in [4.78, 5) is 32.3. The zero-order valence-electron chi connectivity index (χ0n) is 16.4. The molecule has 0 atom stereocenters. The molecular formula is C21H16N4O7. The van der Waals surface area contributed by atoms with Crippen LogP contribution in [0.5, 0.6) is 11.5 Å². The lowest BCUT2D eigenvalue weighted by molar-refractivity contribution is -0.385. The van der Waals surface area contributed by atoms with E-state index in [4.69, 9.17) is 4.74 Å². The third kappa shape index (κ3) is 5.42. The van der Waals surface area contributed by atoms with Crippen LogP contribution in [0.25, 0.3) is 0 Å². The number of para-hydroxylation sites is 1. The Bertz CT molecular complexity index is 1180. The van der Waals surface area contributed by atoms with E-state index in [0.717, 1.165) is 11.6 Å². The smallest absolute Gasteiger partial charge is 0.311 e. The molecule has 11 nitrogen and oxygen atoms in total. The van der Waals surface area contributed by atoms with Crippen LogP contribution in [0.2, 0.25) is 0 Å². The number of hydrogen-bond donors (Lipinski definition) is 2. The fourth-order valence-electron chi connectivity index (χ4n) is 2.62. The molecule has 1 amide bonds. The Kier molecular flexibility index (Phi) is 6.71. The lowest BCUT2D eigenvalue weighted by Crippen LogP contribution is -2.18. The Morgan fingerprint density at radius 3 is 2.31 bits per heavy atom. The average molecular weight is 436 g/mol.